The van der Waals surface area contributed by atoms with Gasteiger partial charge in [0.15, 0.2) is 0 Å². The Labute approximate surface area is 96.0 Å². The van der Waals surface area contributed by atoms with Crippen LogP contribution in [-0.4, -0.2) is 4.98 Å². The van der Waals surface area contributed by atoms with Crippen LogP contribution in [0, 0.1) is 11.3 Å². The fourth-order valence-electron chi connectivity index (χ4n) is 1.11. The molecule has 0 aliphatic rings. The smallest absolute Gasteiger partial charge is 0.133 e. The summed E-state index contributed by atoms with van der Waals surface area (Å²) in [5, 5.41) is 16.0. The Morgan fingerprint density at radius 3 is 3.00 bits per heavy atom. The minimum atomic E-state index is 0.312. The molecule has 0 spiro atoms. The highest BCUT2D eigenvalue weighted by atomic mass is 35.5. The van der Waals surface area contributed by atoms with Crippen molar-refractivity contribution in [1.82, 2.24) is 4.98 Å². The van der Waals surface area contributed by atoms with Crippen LogP contribution in [-0.2, 0) is 0 Å². The highest BCUT2D eigenvalue weighted by molar-refractivity contribution is 7.08. The number of nitriles is 1. The minimum absolute atomic E-state index is 0.312. The SMILES string of the molecule is N#Cc1cc(Cl)nc(Nc2ccsc2)c1. The topological polar surface area (TPSA) is 48.7 Å². The fourth-order valence-corrected chi connectivity index (χ4v) is 1.91. The van der Waals surface area contributed by atoms with E-state index in [9.17, 15) is 0 Å². The summed E-state index contributed by atoms with van der Waals surface area (Å²) in [6.07, 6.45) is 0. The van der Waals surface area contributed by atoms with E-state index >= 15 is 0 Å². The van der Waals surface area contributed by atoms with Crippen molar-refractivity contribution in [2.75, 3.05) is 5.32 Å². The number of rotatable bonds is 2. The third-order valence-corrected chi connectivity index (χ3v) is 2.59. The van der Waals surface area contributed by atoms with Crippen molar-refractivity contribution in [2.24, 2.45) is 0 Å². The molecule has 0 radical (unpaired) electrons. The van der Waals surface area contributed by atoms with Crippen LogP contribution >= 0.6 is 22.9 Å². The van der Waals surface area contributed by atoms with Crippen molar-refractivity contribution in [1.29, 1.82) is 5.26 Å². The van der Waals surface area contributed by atoms with Crippen LogP contribution in [0.3, 0.4) is 0 Å². The fraction of sp³-hybridized carbons (Fsp3) is 0. The number of nitrogens with zero attached hydrogens (tertiary/aromatic N) is 2. The molecule has 74 valence electrons. The normalized spacial score (nSPS) is 9.60. The predicted molar refractivity (Wildman–Crippen MR) is 61.6 cm³/mol. The second-order valence-electron chi connectivity index (χ2n) is 2.81. The summed E-state index contributed by atoms with van der Waals surface area (Å²) in [4.78, 5) is 4.06. The van der Waals surface area contributed by atoms with Crippen molar-refractivity contribution < 1.29 is 0 Å². The lowest BCUT2D eigenvalue weighted by atomic mass is 10.3. The van der Waals surface area contributed by atoms with Crippen molar-refractivity contribution in [3.63, 3.8) is 0 Å². The Morgan fingerprint density at radius 2 is 2.33 bits per heavy atom. The first-order chi connectivity index (χ1) is 7.28. The van der Waals surface area contributed by atoms with Gasteiger partial charge in [0.2, 0.25) is 0 Å². The molecule has 0 bridgehead atoms. The molecular weight excluding hydrogens is 230 g/mol. The predicted octanol–water partition coefficient (Wildman–Crippen LogP) is 3.41. The molecule has 2 aromatic rings. The van der Waals surface area contributed by atoms with Gasteiger partial charge in [-0.1, -0.05) is 11.6 Å². The number of thiophene rings is 1. The maximum absolute atomic E-state index is 8.75. The van der Waals surface area contributed by atoms with E-state index in [0.29, 0.717) is 16.5 Å². The van der Waals surface area contributed by atoms with Gasteiger partial charge in [-0.25, -0.2) is 4.98 Å². The second kappa shape index (κ2) is 4.30. The number of aromatic nitrogens is 1. The summed E-state index contributed by atoms with van der Waals surface area (Å²) < 4.78 is 0. The van der Waals surface area contributed by atoms with Crippen LogP contribution in [0.2, 0.25) is 5.15 Å². The molecule has 0 unspecified atom stereocenters. The molecule has 0 amide bonds. The molecular formula is C10H6ClN3S. The van der Waals surface area contributed by atoms with Gasteiger partial charge in [0.05, 0.1) is 17.3 Å². The van der Waals surface area contributed by atoms with E-state index in [1.165, 1.54) is 6.07 Å². The highest BCUT2D eigenvalue weighted by Crippen LogP contribution is 2.20. The zero-order chi connectivity index (χ0) is 10.7. The Balaban J connectivity index is 2.29. The summed E-state index contributed by atoms with van der Waals surface area (Å²) in [5.74, 6) is 0.581. The molecule has 2 heterocycles. The molecule has 2 rings (SSSR count). The lowest BCUT2D eigenvalue weighted by Gasteiger charge is -2.03. The largest absolute Gasteiger partial charge is 0.339 e. The zero-order valence-electron chi connectivity index (χ0n) is 7.57. The van der Waals surface area contributed by atoms with Crippen molar-refractivity contribution in [2.45, 2.75) is 0 Å². The summed E-state index contributed by atoms with van der Waals surface area (Å²) in [7, 11) is 0. The van der Waals surface area contributed by atoms with E-state index in [0.717, 1.165) is 5.69 Å². The third kappa shape index (κ3) is 2.46. The first-order valence-corrected chi connectivity index (χ1v) is 5.47. The first kappa shape index (κ1) is 9.97. The lowest BCUT2D eigenvalue weighted by Crippen LogP contribution is -1.93. The van der Waals surface area contributed by atoms with Gasteiger partial charge in [0, 0.05) is 5.38 Å². The second-order valence-corrected chi connectivity index (χ2v) is 3.98. The van der Waals surface area contributed by atoms with Gasteiger partial charge < -0.3 is 5.32 Å². The van der Waals surface area contributed by atoms with E-state index in [-0.39, 0.29) is 0 Å². The molecule has 0 aliphatic heterocycles. The van der Waals surface area contributed by atoms with Gasteiger partial charge in [-0.15, -0.1) is 0 Å². The maximum atomic E-state index is 8.75. The van der Waals surface area contributed by atoms with Crippen molar-refractivity contribution in [3.05, 3.63) is 39.7 Å². The number of pyridine rings is 1. The lowest BCUT2D eigenvalue weighted by molar-refractivity contribution is 1.30. The molecule has 0 saturated heterocycles. The number of anilines is 2. The molecule has 15 heavy (non-hydrogen) atoms. The average molecular weight is 236 g/mol. The standard InChI is InChI=1S/C10H6ClN3S/c11-9-3-7(5-12)4-10(14-9)13-8-1-2-15-6-8/h1-4,6H,(H,13,14). The monoisotopic (exact) mass is 235 g/mol. The number of hydrogen-bond acceptors (Lipinski definition) is 4. The Bertz CT molecular complexity index is 502. The molecule has 0 atom stereocenters. The zero-order valence-corrected chi connectivity index (χ0v) is 9.14. The molecule has 1 N–H and O–H groups in total. The van der Waals surface area contributed by atoms with E-state index < -0.39 is 0 Å². The number of hydrogen-bond donors (Lipinski definition) is 1. The summed E-state index contributed by atoms with van der Waals surface area (Å²) in [6, 6.07) is 7.14. The van der Waals surface area contributed by atoms with Gasteiger partial charge in [-0.2, -0.15) is 16.6 Å². The van der Waals surface area contributed by atoms with Crippen LogP contribution in [0.15, 0.2) is 29.0 Å². The number of nitrogens with one attached hydrogen (secondary N) is 1. The van der Waals surface area contributed by atoms with E-state index in [1.54, 1.807) is 17.4 Å². The summed E-state index contributed by atoms with van der Waals surface area (Å²) in [5.41, 5.74) is 1.44. The Morgan fingerprint density at radius 1 is 1.47 bits per heavy atom. The molecule has 0 aliphatic carbocycles. The molecule has 3 nitrogen and oxygen atoms in total. The van der Waals surface area contributed by atoms with Crippen LogP contribution < -0.4 is 5.32 Å². The molecule has 0 saturated carbocycles. The Kier molecular flexibility index (Phi) is 2.86. The van der Waals surface area contributed by atoms with Gasteiger partial charge in [0.25, 0.3) is 0 Å². The highest BCUT2D eigenvalue weighted by Gasteiger charge is 2.01. The average Bonchev–Trinajstić information content (AvgIpc) is 2.69. The molecule has 5 heteroatoms. The van der Waals surface area contributed by atoms with Crippen LogP contribution in [0.1, 0.15) is 5.56 Å². The van der Waals surface area contributed by atoms with E-state index in [1.807, 2.05) is 22.9 Å². The quantitative estimate of drug-likeness (QED) is 0.812. The summed E-state index contributed by atoms with van der Waals surface area (Å²) in [6.45, 7) is 0. The van der Waals surface area contributed by atoms with E-state index in [2.05, 4.69) is 10.3 Å². The van der Waals surface area contributed by atoms with Gasteiger partial charge in [0.1, 0.15) is 11.0 Å². The van der Waals surface area contributed by atoms with Crippen LogP contribution in [0.25, 0.3) is 0 Å². The van der Waals surface area contributed by atoms with Gasteiger partial charge in [-0.3, -0.25) is 0 Å². The molecule has 0 fully saturated rings. The first-order valence-electron chi connectivity index (χ1n) is 4.15. The van der Waals surface area contributed by atoms with Crippen molar-refractivity contribution in [3.8, 4) is 6.07 Å². The Hall–Kier alpha value is -1.57. The van der Waals surface area contributed by atoms with Crippen LogP contribution in [0.5, 0.6) is 0 Å². The van der Waals surface area contributed by atoms with Crippen molar-refractivity contribution >= 4 is 34.4 Å². The van der Waals surface area contributed by atoms with Gasteiger partial charge >= 0.3 is 0 Å². The van der Waals surface area contributed by atoms with Crippen LogP contribution in [0.4, 0.5) is 11.5 Å². The molecule has 2 aromatic heterocycles. The van der Waals surface area contributed by atoms with Gasteiger partial charge in [-0.05, 0) is 23.6 Å². The third-order valence-electron chi connectivity index (χ3n) is 1.72. The summed E-state index contributed by atoms with van der Waals surface area (Å²) >= 11 is 7.35. The van der Waals surface area contributed by atoms with E-state index in [4.69, 9.17) is 16.9 Å². The maximum Gasteiger partial charge on any atom is 0.133 e. The number of halogens is 1. The molecule has 0 aromatic carbocycles. The minimum Gasteiger partial charge on any atom is -0.339 e.